The van der Waals surface area contributed by atoms with Gasteiger partial charge in [0.2, 0.25) is 0 Å². The molecule has 98 valence electrons. The van der Waals surface area contributed by atoms with Crippen molar-refractivity contribution >= 4 is 21.6 Å². The van der Waals surface area contributed by atoms with Crippen LogP contribution in [0, 0.1) is 6.57 Å². The van der Waals surface area contributed by atoms with E-state index in [4.69, 9.17) is 16.0 Å². The van der Waals surface area contributed by atoms with Crippen LogP contribution in [0.5, 0.6) is 11.5 Å². The maximum Gasteiger partial charge on any atom is 0.200 e. The Bertz CT molecular complexity index is 639. The lowest BCUT2D eigenvalue weighted by Crippen LogP contribution is -1.96. The SMILES string of the molecule is [C-]#[N+]c1cc(OC)c(OC)cc1-c1c(Br)cnn1C. The highest BCUT2D eigenvalue weighted by atomic mass is 79.9. The minimum absolute atomic E-state index is 0.488. The Morgan fingerprint density at radius 3 is 2.37 bits per heavy atom. The maximum atomic E-state index is 7.31. The number of hydrogen-bond donors (Lipinski definition) is 0. The Labute approximate surface area is 119 Å². The molecule has 0 saturated carbocycles. The summed E-state index contributed by atoms with van der Waals surface area (Å²) in [4.78, 5) is 3.55. The fraction of sp³-hybridized carbons (Fsp3) is 0.231. The second-order valence-electron chi connectivity index (χ2n) is 3.80. The summed E-state index contributed by atoms with van der Waals surface area (Å²) in [6.07, 6.45) is 1.69. The lowest BCUT2D eigenvalue weighted by Gasteiger charge is -2.12. The predicted octanol–water partition coefficient (Wildman–Crippen LogP) is 3.42. The largest absolute Gasteiger partial charge is 0.494 e. The number of benzene rings is 1. The van der Waals surface area contributed by atoms with E-state index in [9.17, 15) is 0 Å². The monoisotopic (exact) mass is 321 g/mol. The molecule has 0 unspecified atom stereocenters. The average Bonchev–Trinajstić information content (AvgIpc) is 2.76. The van der Waals surface area contributed by atoms with Crippen LogP contribution in [0.4, 0.5) is 5.69 Å². The molecule has 1 aromatic carbocycles. The van der Waals surface area contributed by atoms with Crippen molar-refractivity contribution in [1.82, 2.24) is 9.78 Å². The van der Waals surface area contributed by atoms with Crippen molar-refractivity contribution in [3.63, 3.8) is 0 Å². The zero-order valence-corrected chi connectivity index (χ0v) is 12.4. The maximum absolute atomic E-state index is 7.31. The molecule has 19 heavy (non-hydrogen) atoms. The molecule has 2 aromatic rings. The van der Waals surface area contributed by atoms with Gasteiger partial charge in [-0.15, -0.1) is 0 Å². The summed E-state index contributed by atoms with van der Waals surface area (Å²) in [6, 6.07) is 3.45. The summed E-state index contributed by atoms with van der Waals surface area (Å²) in [6.45, 7) is 7.31. The molecule has 0 aliphatic carbocycles. The van der Waals surface area contributed by atoms with E-state index in [1.165, 1.54) is 0 Å². The number of hydrogen-bond acceptors (Lipinski definition) is 3. The van der Waals surface area contributed by atoms with Gasteiger partial charge < -0.3 is 9.47 Å². The molecule has 5 nitrogen and oxygen atoms in total. The van der Waals surface area contributed by atoms with E-state index in [2.05, 4.69) is 25.9 Å². The highest BCUT2D eigenvalue weighted by Crippen LogP contribution is 2.42. The Morgan fingerprint density at radius 2 is 1.89 bits per heavy atom. The molecule has 0 aliphatic rings. The van der Waals surface area contributed by atoms with Gasteiger partial charge in [0.25, 0.3) is 0 Å². The molecule has 1 aromatic heterocycles. The van der Waals surface area contributed by atoms with Gasteiger partial charge in [-0.3, -0.25) is 4.68 Å². The van der Waals surface area contributed by atoms with Crippen molar-refractivity contribution in [1.29, 1.82) is 0 Å². The van der Waals surface area contributed by atoms with Crippen molar-refractivity contribution in [3.05, 3.63) is 34.2 Å². The van der Waals surface area contributed by atoms with Crippen LogP contribution in [-0.2, 0) is 7.05 Å². The molecule has 2 rings (SSSR count). The molecular weight excluding hydrogens is 310 g/mol. The van der Waals surface area contributed by atoms with Crippen molar-refractivity contribution < 1.29 is 9.47 Å². The molecule has 0 saturated heterocycles. The Balaban J connectivity index is 2.73. The third-order valence-electron chi connectivity index (χ3n) is 2.77. The predicted molar refractivity (Wildman–Crippen MR) is 75.7 cm³/mol. The van der Waals surface area contributed by atoms with Gasteiger partial charge in [-0.05, 0) is 28.1 Å². The molecule has 0 atom stereocenters. The van der Waals surface area contributed by atoms with Gasteiger partial charge >= 0.3 is 0 Å². The molecule has 0 radical (unpaired) electrons. The van der Waals surface area contributed by atoms with Crippen molar-refractivity contribution in [2.75, 3.05) is 14.2 Å². The number of nitrogens with zero attached hydrogens (tertiary/aromatic N) is 3. The summed E-state index contributed by atoms with van der Waals surface area (Å²) >= 11 is 3.44. The highest BCUT2D eigenvalue weighted by Gasteiger charge is 2.17. The number of aromatic nitrogens is 2. The highest BCUT2D eigenvalue weighted by molar-refractivity contribution is 9.10. The van der Waals surface area contributed by atoms with E-state index in [1.807, 2.05) is 7.05 Å². The number of methoxy groups -OCH3 is 2. The Kier molecular flexibility index (Phi) is 3.76. The van der Waals surface area contributed by atoms with Crippen LogP contribution in [0.3, 0.4) is 0 Å². The van der Waals surface area contributed by atoms with Crippen LogP contribution in [0.2, 0.25) is 0 Å². The Hall–Kier alpha value is -2.00. The van der Waals surface area contributed by atoms with Gasteiger partial charge in [0.05, 0.1) is 37.2 Å². The third kappa shape index (κ3) is 2.29. The molecule has 0 bridgehead atoms. The molecule has 6 heteroatoms. The first-order valence-electron chi connectivity index (χ1n) is 5.43. The summed E-state index contributed by atoms with van der Waals surface area (Å²) in [7, 11) is 4.94. The standard InChI is InChI=1S/C13H12BrN3O2/c1-15-10-6-12(19-4)11(18-3)5-8(10)13-9(14)7-16-17(13)2/h5-7H,2-4H3. The quantitative estimate of drug-likeness (QED) is 0.813. The van der Waals surface area contributed by atoms with Crippen LogP contribution < -0.4 is 9.47 Å². The van der Waals surface area contributed by atoms with Gasteiger partial charge in [0, 0.05) is 12.6 Å². The first-order valence-corrected chi connectivity index (χ1v) is 6.23. The fourth-order valence-corrected chi connectivity index (χ4v) is 2.43. The van der Waals surface area contributed by atoms with Crippen LogP contribution in [0.1, 0.15) is 0 Å². The summed E-state index contributed by atoms with van der Waals surface area (Å²) in [5.41, 5.74) is 2.06. The number of rotatable bonds is 3. The molecular formula is C13H12BrN3O2. The fourth-order valence-electron chi connectivity index (χ4n) is 1.86. The summed E-state index contributed by atoms with van der Waals surface area (Å²) in [5, 5.41) is 4.16. The van der Waals surface area contributed by atoms with E-state index in [0.717, 1.165) is 15.7 Å². The molecule has 0 fully saturated rings. The second-order valence-corrected chi connectivity index (χ2v) is 4.66. The van der Waals surface area contributed by atoms with Crippen LogP contribution in [0.25, 0.3) is 16.1 Å². The van der Waals surface area contributed by atoms with Crippen LogP contribution >= 0.6 is 15.9 Å². The molecule has 0 aliphatic heterocycles. The smallest absolute Gasteiger partial charge is 0.200 e. The van der Waals surface area contributed by atoms with Gasteiger partial charge in [-0.1, -0.05) is 0 Å². The number of ether oxygens (including phenoxy) is 2. The second kappa shape index (κ2) is 5.33. The van der Waals surface area contributed by atoms with Crippen molar-refractivity contribution in [3.8, 4) is 22.8 Å². The summed E-state index contributed by atoms with van der Waals surface area (Å²) < 4.78 is 13.0. The lowest BCUT2D eigenvalue weighted by molar-refractivity contribution is 0.355. The Morgan fingerprint density at radius 1 is 1.26 bits per heavy atom. The first kappa shape index (κ1) is 13.4. The topological polar surface area (TPSA) is 40.6 Å². The van der Waals surface area contributed by atoms with Gasteiger partial charge in [0.15, 0.2) is 11.4 Å². The zero-order valence-electron chi connectivity index (χ0n) is 10.8. The molecule has 1 heterocycles. The van der Waals surface area contributed by atoms with E-state index in [1.54, 1.807) is 37.2 Å². The van der Waals surface area contributed by atoms with Crippen LogP contribution in [0.15, 0.2) is 22.8 Å². The van der Waals surface area contributed by atoms with Crippen molar-refractivity contribution in [2.45, 2.75) is 0 Å². The summed E-state index contributed by atoms with van der Waals surface area (Å²) in [5.74, 6) is 1.12. The van der Waals surface area contributed by atoms with Gasteiger partial charge in [-0.25, -0.2) is 4.85 Å². The first-order chi connectivity index (χ1) is 9.12. The van der Waals surface area contributed by atoms with E-state index in [0.29, 0.717) is 17.2 Å². The van der Waals surface area contributed by atoms with Gasteiger partial charge in [-0.2, -0.15) is 5.10 Å². The zero-order chi connectivity index (χ0) is 14.0. The van der Waals surface area contributed by atoms with E-state index in [-0.39, 0.29) is 0 Å². The normalized spacial score (nSPS) is 10.1. The van der Waals surface area contributed by atoms with E-state index < -0.39 is 0 Å². The van der Waals surface area contributed by atoms with E-state index >= 15 is 0 Å². The minimum atomic E-state index is 0.488. The molecule has 0 spiro atoms. The van der Waals surface area contributed by atoms with Crippen LogP contribution in [-0.4, -0.2) is 24.0 Å². The number of aryl methyl sites for hydroxylation is 1. The lowest BCUT2D eigenvalue weighted by atomic mass is 10.1. The van der Waals surface area contributed by atoms with Crippen molar-refractivity contribution in [2.24, 2.45) is 7.05 Å². The molecule has 0 amide bonds. The minimum Gasteiger partial charge on any atom is -0.494 e. The average molecular weight is 322 g/mol. The number of halogens is 1. The van der Waals surface area contributed by atoms with Gasteiger partial charge in [0.1, 0.15) is 5.75 Å². The third-order valence-corrected chi connectivity index (χ3v) is 3.35. The molecule has 0 N–H and O–H groups in total.